The summed E-state index contributed by atoms with van der Waals surface area (Å²) in [6.45, 7) is 2.91. The molecule has 3 rings (SSSR count). The van der Waals surface area contributed by atoms with Crippen molar-refractivity contribution in [1.29, 1.82) is 0 Å². The third-order valence-corrected chi connectivity index (χ3v) is 5.30. The van der Waals surface area contributed by atoms with Crippen LogP contribution in [0.4, 0.5) is 0 Å². The van der Waals surface area contributed by atoms with Crippen molar-refractivity contribution in [2.75, 3.05) is 13.3 Å². The average Bonchev–Trinajstić information content (AvgIpc) is 2.97. The minimum absolute atomic E-state index is 0.175. The zero-order valence-electron chi connectivity index (χ0n) is 12.3. The van der Waals surface area contributed by atoms with Gasteiger partial charge in [0.1, 0.15) is 0 Å². The Bertz CT molecular complexity index is 526. The lowest BCUT2D eigenvalue weighted by atomic mass is 9.66. The van der Waals surface area contributed by atoms with Gasteiger partial charge < -0.3 is 20.3 Å². The first kappa shape index (κ1) is 14.9. The van der Waals surface area contributed by atoms with Crippen LogP contribution in [0, 0.1) is 11.3 Å². The molecule has 1 atom stereocenters. The fourth-order valence-electron chi connectivity index (χ4n) is 3.42. The van der Waals surface area contributed by atoms with Gasteiger partial charge in [-0.1, -0.05) is 31.4 Å². The minimum atomic E-state index is -0.623. The summed E-state index contributed by atoms with van der Waals surface area (Å²) in [6.07, 6.45) is 3.47. The summed E-state index contributed by atoms with van der Waals surface area (Å²) in [4.78, 5) is 0. The zero-order valence-corrected chi connectivity index (χ0v) is 13.0. The maximum Gasteiger partial charge on any atom is 0.231 e. The Morgan fingerprint density at radius 2 is 2.10 bits per heavy atom. The van der Waals surface area contributed by atoms with E-state index in [-0.39, 0.29) is 12.2 Å². The van der Waals surface area contributed by atoms with Crippen LogP contribution < -0.4 is 15.2 Å². The average molecular weight is 312 g/mol. The first-order valence-corrected chi connectivity index (χ1v) is 7.91. The number of rotatable bonds is 3. The topological polar surface area (TPSA) is 64.7 Å². The Morgan fingerprint density at radius 1 is 1.38 bits per heavy atom. The van der Waals surface area contributed by atoms with Crippen molar-refractivity contribution < 1.29 is 14.6 Å². The highest BCUT2D eigenvalue weighted by molar-refractivity contribution is 6.32. The van der Waals surface area contributed by atoms with E-state index < -0.39 is 6.10 Å². The standard InChI is InChI=1S/C16H22ClNO3/c1-10-2-4-16(8-18,5-3-10)15(19)11-6-12(17)14-13(7-11)20-9-21-14/h6-7,10,15,19H,2-5,8-9,18H2,1H3. The number of hydrogen-bond donors (Lipinski definition) is 2. The van der Waals surface area contributed by atoms with Crippen LogP contribution in [0.2, 0.25) is 5.02 Å². The Balaban J connectivity index is 1.90. The molecule has 0 bridgehead atoms. The normalized spacial score (nSPS) is 29.4. The molecule has 116 valence electrons. The molecule has 2 aliphatic rings. The fourth-order valence-corrected chi connectivity index (χ4v) is 3.70. The van der Waals surface area contributed by atoms with E-state index in [0.29, 0.717) is 29.0 Å². The Morgan fingerprint density at radius 3 is 2.76 bits per heavy atom. The Kier molecular flexibility index (Phi) is 4.04. The highest BCUT2D eigenvalue weighted by Crippen LogP contribution is 2.49. The van der Waals surface area contributed by atoms with E-state index in [0.717, 1.165) is 31.2 Å². The number of aliphatic hydroxyl groups is 1. The van der Waals surface area contributed by atoms with Crippen LogP contribution in [0.25, 0.3) is 0 Å². The molecule has 4 nitrogen and oxygen atoms in total. The molecular weight excluding hydrogens is 290 g/mol. The highest BCUT2D eigenvalue weighted by Gasteiger charge is 2.40. The molecule has 0 spiro atoms. The van der Waals surface area contributed by atoms with Gasteiger partial charge in [0.05, 0.1) is 11.1 Å². The number of halogens is 1. The molecule has 1 aromatic carbocycles. The lowest BCUT2D eigenvalue weighted by Crippen LogP contribution is -2.40. The third kappa shape index (κ3) is 2.60. The van der Waals surface area contributed by atoms with Crippen molar-refractivity contribution in [3.05, 3.63) is 22.7 Å². The second kappa shape index (κ2) is 5.67. The number of fused-ring (bicyclic) bond motifs is 1. The molecular formula is C16H22ClNO3. The zero-order chi connectivity index (χ0) is 15.0. The van der Waals surface area contributed by atoms with Crippen molar-refractivity contribution in [3.63, 3.8) is 0 Å². The predicted octanol–water partition coefficient (Wildman–Crippen LogP) is 3.26. The predicted molar refractivity (Wildman–Crippen MR) is 81.7 cm³/mol. The van der Waals surface area contributed by atoms with Crippen LogP contribution in [0.15, 0.2) is 12.1 Å². The quantitative estimate of drug-likeness (QED) is 0.899. The molecule has 5 heteroatoms. The van der Waals surface area contributed by atoms with E-state index in [2.05, 4.69) is 6.92 Å². The van der Waals surface area contributed by atoms with Gasteiger partial charge in [-0.15, -0.1) is 0 Å². The van der Waals surface area contributed by atoms with Gasteiger partial charge in [0, 0.05) is 12.0 Å². The summed E-state index contributed by atoms with van der Waals surface area (Å²) in [5.74, 6) is 1.87. The summed E-state index contributed by atoms with van der Waals surface area (Å²) >= 11 is 6.22. The van der Waals surface area contributed by atoms with Crippen molar-refractivity contribution in [2.24, 2.45) is 17.1 Å². The third-order valence-electron chi connectivity index (χ3n) is 5.02. The molecule has 1 unspecified atom stereocenters. The number of ether oxygens (including phenoxy) is 2. The number of hydrogen-bond acceptors (Lipinski definition) is 4. The lowest BCUT2D eigenvalue weighted by Gasteiger charge is -2.42. The molecule has 1 aliphatic carbocycles. The molecule has 0 saturated heterocycles. The van der Waals surface area contributed by atoms with Gasteiger partial charge in [-0.2, -0.15) is 0 Å². The summed E-state index contributed by atoms with van der Waals surface area (Å²) in [5, 5.41) is 11.4. The van der Waals surface area contributed by atoms with Crippen LogP contribution in [-0.4, -0.2) is 18.4 Å². The van der Waals surface area contributed by atoms with Crippen molar-refractivity contribution in [2.45, 2.75) is 38.7 Å². The molecule has 0 amide bonds. The van der Waals surface area contributed by atoms with E-state index in [4.69, 9.17) is 26.8 Å². The van der Waals surface area contributed by atoms with Gasteiger partial charge >= 0.3 is 0 Å². The van der Waals surface area contributed by atoms with Crippen LogP contribution in [0.3, 0.4) is 0 Å². The van der Waals surface area contributed by atoms with Crippen LogP contribution in [-0.2, 0) is 0 Å². The number of nitrogens with two attached hydrogens (primary N) is 1. The number of aliphatic hydroxyl groups excluding tert-OH is 1. The lowest BCUT2D eigenvalue weighted by molar-refractivity contribution is -0.00826. The van der Waals surface area contributed by atoms with Crippen LogP contribution in [0.5, 0.6) is 11.5 Å². The molecule has 21 heavy (non-hydrogen) atoms. The summed E-state index contributed by atoms with van der Waals surface area (Å²) in [7, 11) is 0. The van der Waals surface area contributed by atoms with Gasteiger partial charge in [-0.3, -0.25) is 0 Å². The highest BCUT2D eigenvalue weighted by atomic mass is 35.5. The van der Waals surface area contributed by atoms with Crippen LogP contribution >= 0.6 is 11.6 Å². The van der Waals surface area contributed by atoms with E-state index in [9.17, 15) is 5.11 Å². The van der Waals surface area contributed by atoms with Gasteiger partial charge in [0.15, 0.2) is 11.5 Å². The molecule has 1 aromatic rings. The summed E-state index contributed by atoms with van der Waals surface area (Å²) in [6, 6.07) is 3.60. The van der Waals surface area contributed by atoms with Gasteiger partial charge in [0.2, 0.25) is 6.79 Å². The van der Waals surface area contributed by atoms with Crippen molar-refractivity contribution in [1.82, 2.24) is 0 Å². The number of benzene rings is 1. The smallest absolute Gasteiger partial charge is 0.231 e. The maximum atomic E-state index is 10.9. The molecule has 1 fully saturated rings. The second-order valence-electron chi connectivity index (χ2n) is 6.39. The Hall–Kier alpha value is -0.970. The van der Waals surface area contributed by atoms with E-state index in [1.54, 1.807) is 6.07 Å². The molecule has 3 N–H and O–H groups in total. The summed E-state index contributed by atoms with van der Waals surface area (Å²) < 4.78 is 10.7. The molecule has 1 aliphatic heterocycles. The maximum absolute atomic E-state index is 10.9. The molecule has 0 radical (unpaired) electrons. The van der Waals surface area contributed by atoms with E-state index in [1.165, 1.54) is 0 Å². The molecule has 0 aromatic heterocycles. The van der Waals surface area contributed by atoms with E-state index >= 15 is 0 Å². The second-order valence-corrected chi connectivity index (χ2v) is 6.80. The minimum Gasteiger partial charge on any atom is -0.454 e. The Labute approximate surface area is 130 Å². The van der Waals surface area contributed by atoms with E-state index in [1.807, 2.05) is 6.07 Å². The van der Waals surface area contributed by atoms with Gasteiger partial charge in [0.25, 0.3) is 0 Å². The van der Waals surface area contributed by atoms with Crippen molar-refractivity contribution >= 4 is 11.6 Å². The van der Waals surface area contributed by atoms with Crippen LogP contribution in [0.1, 0.15) is 44.3 Å². The first-order chi connectivity index (χ1) is 10.1. The molecule has 1 heterocycles. The monoisotopic (exact) mass is 311 g/mol. The largest absolute Gasteiger partial charge is 0.454 e. The SMILES string of the molecule is CC1CCC(CN)(C(O)c2cc(Cl)c3c(c2)OCO3)CC1. The molecule has 1 saturated carbocycles. The summed E-state index contributed by atoms with van der Waals surface area (Å²) in [5.41, 5.74) is 6.53. The van der Waals surface area contributed by atoms with Gasteiger partial charge in [-0.25, -0.2) is 0 Å². The fraction of sp³-hybridized carbons (Fsp3) is 0.625. The first-order valence-electron chi connectivity index (χ1n) is 7.53. The van der Waals surface area contributed by atoms with Crippen molar-refractivity contribution in [3.8, 4) is 11.5 Å². The van der Waals surface area contributed by atoms with Gasteiger partial charge in [-0.05, 0) is 36.5 Å².